The third-order valence-corrected chi connectivity index (χ3v) is 8.89. The van der Waals surface area contributed by atoms with Crippen LogP contribution in [-0.2, 0) is 0 Å². The summed E-state index contributed by atoms with van der Waals surface area (Å²) in [5.41, 5.74) is 7.86. The molecule has 1 aliphatic rings. The van der Waals surface area contributed by atoms with Crippen molar-refractivity contribution in [2.45, 2.75) is 57.8 Å². The summed E-state index contributed by atoms with van der Waals surface area (Å²) in [4.78, 5) is 0. The standard InChI is InChI=1S/C22H29P/c1-4-5-16-23-21(19-12-8-6-10-17(19)2)14-15-22(23)20-13-9-7-11-18(20)3/h6-13,21-22H,4-5,14-16H2,1-3H3. The average molecular weight is 324 g/mol. The Morgan fingerprint density at radius 1 is 0.826 bits per heavy atom. The molecule has 0 aliphatic carbocycles. The van der Waals surface area contributed by atoms with Crippen LogP contribution in [0.1, 0.15) is 66.2 Å². The smallest absolute Gasteiger partial charge is 0.00502 e. The largest absolute Gasteiger partial charge is 0.0913 e. The Balaban J connectivity index is 1.93. The second-order valence-electron chi connectivity index (χ2n) is 6.91. The molecule has 2 unspecified atom stereocenters. The number of benzene rings is 2. The van der Waals surface area contributed by atoms with Crippen molar-refractivity contribution in [2.75, 3.05) is 6.16 Å². The van der Waals surface area contributed by atoms with E-state index < -0.39 is 0 Å². The third kappa shape index (κ3) is 3.53. The predicted octanol–water partition coefficient (Wildman–Crippen LogP) is 7.16. The Bertz CT molecular complexity index is 592. The van der Waals surface area contributed by atoms with Crippen molar-refractivity contribution in [2.24, 2.45) is 0 Å². The predicted molar refractivity (Wildman–Crippen MR) is 104 cm³/mol. The molecule has 0 bridgehead atoms. The molecule has 1 saturated heterocycles. The lowest BCUT2D eigenvalue weighted by molar-refractivity contribution is 0.760. The molecule has 0 radical (unpaired) electrons. The van der Waals surface area contributed by atoms with Gasteiger partial charge in [0.2, 0.25) is 0 Å². The fourth-order valence-electron chi connectivity index (χ4n) is 4.11. The fourth-order valence-corrected chi connectivity index (χ4v) is 8.10. The molecule has 1 fully saturated rings. The van der Waals surface area contributed by atoms with E-state index in [0.29, 0.717) is 0 Å². The summed E-state index contributed by atoms with van der Waals surface area (Å²) in [5, 5.41) is 0. The topological polar surface area (TPSA) is 0 Å². The number of aryl methyl sites for hydroxylation is 2. The van der Waals surface area contributed by atoms with Gasteiger partial charge in [-0.25, -0.2) is 0 Å². The maximum atomic E-state index is 2.39. The summed E-state index contributed by atoms with van der Waals surface area (Å²) in [6.07, 6.45) is 6.89. The molecule has 0 spiro atoms. The Morgan fingerprint density at radius 3 is 1.74 bits per heavy atom. The van der Waals surface area contributed by atoms with E-state index in [4.69, 9.17) is 0 Å². The molecule has 1 heterocycles. The van der Waals surface area contributed by atoms with Gasteiger partial charge in [-0.3, -0.25) is 0 Å². The van der Waals surface area contributed by atoms with E-state index in [0.717, 1.165) is 11.3 Å². The van der Waals surface area contributed by atoms with Gasteiger partial charge in [0.05, 0.1) is 0 Å². The van der Waals surface area contributed by atoms with Crippen molar-refractivity contribution in [3.8, 4) is 0 Å². The summed E-state index contributed by atoms with van der Waals surface area (Å²) in [6, 6.07) is 18.2. The normalized spacial score (nSPS) is 24.0. The second-order valence-corrected chi connectivity index (χ2v) is 9.64. The third-order valence-electron chi connectivity index (χ3n) is 5.38. The van der Waals surface area contributed by atoms with Crippen LogP contribution >= 0.6 is 7.92 Å². The Hall–Kier alpha value is -1.13. The molecule has 0 amide bonds. The molecule has 3 rings (SSSR count). The highest BCUT2D eigenvalue weighted by molar-refractivity contribution is 7.58. The molecule has 0 N–H and O–H groups in total. The van der Waals surface area contributed by atoms with Crippen LogP contribution in [-0.4, -0.2) is 6.16 Å². The zero-order chi connectivity index (χ0) is 16.2. The van der Waals surface area contributed by atoms with Gasteiger partial charge in [0.25, 0.3) is 0 Å². The summed E-state index contributed by atoms with van der Waals surface area (Å²) in [6.45, 7) is 6.92. The van der Waals surface area contributed by atoms with Crippen molar-refractivity contribution in [1.29, 1.82) is 0 Å². The van der Waals surface area contributed by atoms with Crippen LogP contribution in [0.4, 0.5) is 0 Å². The first kappa shape index (κ1) is 16.7. The van der Waals surface area contributed by atoms with E-state index in [2.05, 4.69) is 69.3 Å². The Labute approximate surface area is 143 Å². The summed E-state index contributed by atoms with van der Waals surface area (Å²) < 4.78 is 0. The zero-order valence-corrected chi connectivity index (χ0v) is 15.7. The van der Waals surface area contributed by atoms with Crippen LogP contribution in [0.25, 0.3) is 0 Å². The van der Waals surface area contributed by atoms with Crippen LogP contribution in [0, 0.1) is 13.8 Å². The molecule has 122 valence electrons. The van der Waals surface area contributed by atoms with Crippen molar-refractivity contribution >= 4 is 7.92 Å². The minimum absolute atomic E-state index is 0.0372. The fraction of sp³-hybridized carbons (Fsp3) is 0.455. The average Bonchev–Trinajstić information content (AvgIpc) is 2.97. The lowest BCUT2D eigenvalue weighted by Crippen LogP contribution is -2.01. The highest BCUT2D eigenvalue weighted by Crippen LogP contribution is 2.70. The van der Waals surface area contributed by atoms with Gasteiger partial charge in [0.1, 0.15) is 0 Å². The molecular weight excluding hydrogens is 295 g/mol. The molecule has 0 saturated carbocycles. The van der Waals surface area contributed by atoms with Gasteiger partial charge in [0.15, 0.2) is 0 Å². The van der Waals surface area contributed by atoms with Crippen molar-refractivity contribution < 1.29 is 0 Å². The number of hydrogen-bond donors (Lipinski definition) is 0. The molecule has 1 aliphatic heterocycles. The molecule has 0 nitrogen and oxygen atoms in total. The zero-order valence-electron chi connectivity index (χ0n) is 14.8. The van der Waals surface area contributed by atoms with E-state index in [1.807, 2.05) is 0 Å². The van der Waals surface area contributed by atoms with Gasteiger partial charge in [-0.15, -0.1) is 0 Å². The van der Waals surface area contributed by atoms with Crippen LogP contribution in [0.15, 0.2) is 48.5 Å². The molecule has 2 atom stereocenters. The monoisotopic (exact) mass is 324 g/mol. The van der Waals surface area contributed by atoms with Crippen molar-refractivity contribution in [3.05, 3.63) is 70.8 Å². The first-order chi connectivity index (χ1) is 11.2. The molecular formula is C22H29P. The van der Waals surface area contributed by atoms with Crippen LogP contribution < -0.4 is 0 Å². The number of rotatable bonds is 5. The SMILES string of the molecule is CCCCP1C(c2ccccc2C)CCC1c1ccccc1C. The highest BCUT2D eigenvalue weighted by Gasteiger charge is 2.37. The minimum atomic E-state index is 0.0372. The van der Waals surface area contributed by atoms with E-state index >= 15 is 0 Å². The van der Waals surface area contributed by atoms with Gasteiger partial charge in [-0.1, -0.05) is 69.8 Å². The van der Waals surface area contributed by atoms with Crippen molar-refractivity contribution in [1.82, 2.24) is 0 Å². The summed E-state index contributed by atoms with van der Waals surface area (Å²) in [7, 11) is 0.0372. The molecule has 23 heavy (non-hydrogen) atoms. The Morgan fingerprint density at radius 2 is 1.30 bits per heavy atom. The van der Waals surface area contributed by atoms with Gasteiger partial charge in [-0.2, -0.15) is 0 Å². The number of unbranched alkanes of at least 4 members (excludes halogenated alkanes) is 1. The van der Waals surface area contributed by atoms with Gasteiger partial charge >= 0.3 is 0 Å². The quantitative estimate of drug-likeness (QED) is 0.512. The molecule has 2 aromatic rings. The lowest BCUT2D eigenvalue weighted by Gasteiger charge is -2.28. The maximum Gasteiger partial charge on any atom is 0.00502 e. The van der Waals surface area contributed by atoms with E-state index in [-0.39, 0.29) is 7.92 Å². The minimum Gasteiger partial charge on any atom is -0.0913 e. The van der Waals surface area contributed by atoms with Crippen molar-refractivity contribution in [3.63, 3.8) is 0 Å². The highest BCUT2D eigenvalue weighted by atomic mass is 31.1. The van der Waals surface area contributed by atoms with Crippen LogP contribution in [0.2, 0.25) is 0 Å². The van der Waals surface area contributed by atoms with Gasteiger partial charge in [0, 0.05) is 11.3 Å². The summed E-state index contributed by atoms with van der Waals surface area (Å²) >= 11 is 0. The molecule has 1 heteroatoms. The summed E-state index contributed by atoms with van der Waals surface area (Å²) in [5.74, 6) is 0. The van der Waals surface area contributed by atoms with E-state index in [1.165, 1.54) is 43.0 Å². The van der Waals surface area contributed by atoms with E-state index in [9.17, 15) is 0 Å². The molecule has 0 aromatic heterocycles. The maximum absolute atomic E-state index is 2.39. The lowest BCUT2D eigenvalue weighted by atomic mass is 9.99. The second kappa shape index (κ2) is 7.63. The first-order valence-electron chi connectivity index (χ1n) is 9.09. The Kier molecular flexibility index (Phi) is 5.54. The van der Waals surface area contributed by atoms with Crippen LogP contribution in [0.3, 0.4) is 0 Å². The molecule has 2 aromatic carbocycles. The van der Waals surface area contributed by atoms with Gasteiger partial charge < -0.3 is 0 Å². The number of hydrogen-bond acceptors (Lipinski definition) is 0. The first-order valence-corrected chi connectivity index (χ1v) is 10.8. The van der Waals surface area contributed by atoms with Gasteiger partial charge in [-0.05, 0) is 61.5 Å². The van der Waals surface area contributed by atoms with E-state index in [1.54, 1.807) is 11.1 Å². The van der Waals surface area contributed by atoms with Crippen LogP contribution in [0.5, 0.6) is 0 Å².